The SMILES string of the molecule is CC(C)c1ccc2nccnc2n1. The Morgan fingerprint density at radius 3 is 2.62 bits per heavy atom. The molecule has 0 aliphatic carbocycles. The van der Waals surface area contributed by atoms with Crippen LogP contribution in [0.4, 0.5) is 0 Å². The van der Waals surface area contributed by atoms with E-state index in [-0.39, 0.29) is 0 Å². The van der Waals surface area contributed by atoms with Crippen molar-refractivity contribution < 1.29 is 0 Å². The van der Waals surface area contributed by atoms with Crippen molar-refractivity contribution in [2.24, 2.45) is 0 Å². The molecule has 0 aromatic carbocycles. The van der Waals surface area contributed by atoms with Gasteiger partial charge in [0.1, 0.15) is 5.52 Å². The minimum atomic E-state index is 0.436. The minimum absolute atomic E-state index is 0.436. The van der Waals surface area contributed by atoms with Gasteiger partial charge in [-0.05, 0) is 18.1 Å². The standard InChI is InChI=1S/C10H11N3/c1-7(2)8-3-4-9-10(13-8)12-6-5-11-9/h3-7H,1-2H3. The summed E-state index contributed by atoms with van der Waals surface area (Å²) in [5, 5.41) is 0. The molecule has 0 aliphatic heterocycles. The van der Waals surface area contributed by atoms with Gasteiger partial charge in [0, 0.05) is 18.1 Å². The van der Waals surface area contributed by atoms with Crippen LogP contribution in [0.2, 0.25) is 0 Å². The molecule has 0 amide bonds. The van der Waals surface area contributed by atoms with E-state index in [1.807, 2.05) is 12.1 Å². The second kappa shape index (κ2) is 3.09. The Morgan fingerprint density at radius 2 is 1.85 bits per heavy atom. The molecule has 2 aromatic rings. The third-order valence-corrected chi connectivity index (χ3v) is 1.94. The molecule has 0 unspecified atom stereocenters. The molecule has 0 aliphatic rings. The molecule has 2 aromatic heterocycles. The van der Waals surface area contributed by atoms with Gasteiger partial charge in [-0.2, -0.15) is 0 Å². The van der Waals surface area contributed by atoms with Gasteiger partial charge in [-0.15, -0.1) is 0 Å². The Hall–Kier alpha value is -1.51. The van der Waals surface area contributed by atoms with Crippen LogP contribution < -0.4 is 0 Å². The van der Waals surface area contributed by atoms with Crippen LogP contribution in [0.5, 0.6) is 0 Å². The van der Waals surface area contributed by atoms with Gasteiger partial charge >= 0.3 is 0 Å². The van der Waals surface area contributed by atoms with Gasteiger partial charge in [0.2, 0.25) is 0 Å². The highest BCUT2D eigenvalue weighted by atomic mass is 14.9. The molecule has 0 saturated heterocycles. The second-order valence-electron chi connectivity index (χ2n) is 3.29. The highest BCUT2D eigenvalue weighted by Gasteiger charge is 2.02. The van der Waals surface area contributed by atoms with Crippen molar-refractivity contribution >= 4 is 11.2 Å². The average Bonchev–Trinajstić information content (AvgIpc) is 2.17. The van der Waals surface area contributed by atoms with Crippen LogP contribution in [-0.4, -0.2) is 15.0 Å². The Labute approximate surface area is 76.9 Å². The maximum atomic E-state index is 4.40. The van der Waals surface area contributed by atoms with Crippen molar-refractivity contribution in [3.05, 3.63) is 30.2 Å². The molecule has 0 atom stereocenters. The summed E-state index contributed by atoms with van der Waals surface area (Å²) in [7, 11) is 0. The number of hydrogen-bond acceptors (Lipinski definition) is 3. The lowest BCUT2D eigenvalue weighted by Crippen LogP contribution is -1.94. The number of nitrogens with zero attached hydrogens (tertiary/aromatic N) is 3. The van der Waals surface area contributed by atoms with E-state index in [1.54, 1.807) is 12.4 Å². The largest absolute Gasteiger partial charge is 0.251 e. The minimum Gasteiger partial charge on any atom is -0.251 e. The second-order valence-corrected chi connectivity index (χ2v) is 3.29. The molecular weight excluding hydrogens is 162 g/mol. The predicted molar refractivity (Wildman–Crippen MR) is 51.4 cm³/mol. The molecule has 2 rings (SSSR count). The smallest absolute Gasteiger partial charge is 0.178 e. The molecule has 3 nitrogen and oxygen atoms in total. The highest BCUT2D eigenvalue weighted by molar-refractivity contribution is 5.68. The zero-order chi connectivity index (χ0) is 9.26. The van der Waals surface area contributed by atoms with Crippen molar-refractivity contribution in [3.8, 4) is 0 Å². The topological polar surface area (TPSA) is 38.7 Å². The fourth-order valence-corrected chi connectivity index (χ4v) is 1.19. The highest BCUT2D eigenvalue weighted by Crippen LogP contribution is 2.13. The van der Waals surface area contributed by atoms with Crippen molar-refractivity contribution in [2.45, 2.75) is 19.8 Å². The van der Waals surface area contributed by atoms with E-state index in [9.17, 15) is 0 Å². The molecule has 3 heteroatoms. The Bertz CT molecular complexity index is 423. The van der Waals surface area contributed by atoms with Gasteiger partial charge in [-0.3, -0.25) is 4.98 Å². The molecule has 0 bridgehead atoms. The molecule has 0 saturated carbocycles. The molecule has 0 N–H and O–H groups in total. The number of rotatable bonds is 1. The van der Waals surface area contributed by atoms with Crippen LogP contribution >= 0.6 is 0 Å². The summed E-state index contributed by atoms with van der Waals surface area (Å²) in [6.07, 6.45) is 3.35. The zero-order valence-electron chi connectivity index (χ0n) is 7.73. The molecule has 0 spiro atoms. The van der Waals surface area contributed by atoms with E-state index >= 15 is 0 Å². The molecule has 2 heterocycles. The Balaban J connectivity index is 2.62. The quantitative estimate of drug-likeness (QED) is 0.663. The third kappa shape index (κ3) is 1.49. The van der Waals surface area contributed by atoms with E-state index in [2.05, 4.69) is 28.8 Å². The molecular formula is C10H11N3. The van der Waals surface area contributed by atoms with Crippen LogP contribution in [-0.2, 0) is 0 Å². The van der Waals surface area contributed by atoms with Crippen LogP contribution in [0.1, 0.15) is 25.5 Å². The van der Waals surface area contributed by atoms with Crippen molar-refractivity contribution in [1.29, 1.82) is 0 Å². The fourth-order valence-electron chi connectivity index (χ4n) is 1.19. The lowest BCUT2D eigenvalue weighted by atomic mass is 10.1. The first-order valence-corrected chi connectivity index (χ1v) is 4.35. The summed E-state index contributed by atoms with van der Waals surface area (Å²) in [6, 6.07) is 3.96. The number of fused-ring (bicyclic) bond motifs is 1. The van der Waals surface area contributed by atoms with E-state index in [4.69, 9.17) is 0 Å². The number of hydrogen-bond donors (Lipinski definition) is 0. The van der Waals surface area contributed by atoms with Crippen LogP contribution in [0.25, 0.3) is 11.2 Å². The van der Waals surface area contributed by atoms with E-state index < -0.39 is 0 Å². The maximum Gasteiger partial charge on any atom is 0.178 e. The van der Waals surface area contributed by atoms with Crippen LogP contribution in [0.15, 0.2) is 24.5 Å². The molecule has 0 radical (unpaired) electrons. The first-order valence-electron chi connectivity index (χ1n) is 4.35. The molecule has 13 heavy (non-hydrogen) atoms. The van der Waals surface area contributed by atoms with Crippen molar-refractivity contribution in [2.75, 3.05) is 0 Å². The van der Waals surface area contributed by atoms with E-state index in [1.165, 1.54) is 0 Å². The maximum absolute atomic E-state index is 4.40. The van der Waals surface area contributed by atoms with E-state index in [0.717, 1.165) is 16.9 Å². The van der Waals surface area contributed by atoms with Gasteiger partial charge in [-0.1, -0.05) is 13.8 Å². The lowest BCUT2D eigenvalue weighted by molar-refractivity contribution is 0.827. The van der Waals surface area contributed by atoms with Crippen LogP contribution in [0, 0.1) is 0 Å². The van der Waals surface area contributed by atoms with Crippen molar-refractivity contribution in [3.63, 3.8) is 0 Å². The van der Waals surface area contributed by atoms with Gasteiger partial charge < -0.3 is 0 Å². The Morgan fingerprint density at radius 1 is 1.08 bits per heavy atom. The summed E-state index contributed by atoms with van der Waals surface area (Å²) in [4.78, 5) is 12.7. The predicted octanol–water partition coefficient (Wildman–Crippen LogP) is 2.15. The summed E-state index contributed by atoms with van der Waals surface area (Å²) in [6.45, 7) is 4.23. The first kappa shape index (κ1) is 8.10. The first-order chi connectivity index (χ1) is 6.27. The monoisotopic (exact) mass is 173 g/mol. The van der Waals surface area contributed by atoms with Gasteiger partial charge in [0.15, 0.2) is 5.65 Å². The van der Waals surface area contributed by atoms with E-state index in [0.29, 0.717) is 5.92 Å². The number of pyridine rings is 1. The summed E-state index contributed by atoms with van der Waals surface area (Å²) in [5.41, 5.74) is 2.65. The number of aromatic nitrogens is 3. The average molecular weight is 173 g/mol. The third-order valence-electron chi connectivity index (χ3n) is 1.94. The van der Waals surface area contributed by atoms with Crippen LogP contribution in [0.3, 0.4) is 0 Å². The summed E-state index contributed by atoms with van der Waals surface area (Å²) in [5.74, 6) is 0.436. The van der Waals surface area contributed by atoms with Gasteiger partial charge in [0.05, 0.1) is 0 Å². The summed E-state index contributed by atoms with van der Waals surface area (Å²) < 4.78 is 0. The normalized spacial score (nSPS) is 11.0. The van der Waals surface area contributed by atoms with Gasteiger partial charge in [-0.25, -0.2) is 9.97 Å². The Kier molecular flexibility index (Phi) is 1.93. The molecule has 66 valence electrons. The molecule has 0 fully saturated rings. The van der Waals surface area contributed by atoms with Crippen molar-refractivity contribution in [1.82, 2.24) is 15.0 Å². The summed E-state index contributed by atoms with van der Waals surface area (Å²) >= 11 is 0. The van der Waals surface area contributed by atoms with Gasteiger partial charge in [0.25, 0.3) is 0 Å². The zero-order valence-corrected chi connectivity index (χ0v) is 7.73. The fraction of sp³-hybridized carbons (Fsp3) is 0.300. The lowest BCUT2D eigenvalue weighted by Gasteiger charge is -2.03.